The van der Waals surface area contributed by atoms with Crippen molar-refractivity contribution in [2.75, 3.05) is 18.5 Å². The topological polar surface area (TPSA) is 44.8 Å². The minimum Gasteiger partial charge on any atom is -0.463 e. The third-order valence-electron chi connectivity index (χ3n) is 3.54. The molecule has 1 aliphatic rings. The molecule has 1 aliphatic heterocycles. The Hall–Kier alpha value is -0.330. The van der Waals surface area contributed by atoms with E-state index in [2.05, 4.69) is 15.9 Å². The van der Waals surface area contributed by atoms with Crippen LogP contribution in [-0.2, 0) is 24.8 Å². The fourth-order valence-electron chi connectivity index (χ4n) is 2.31. The second-order valence-electron chi connectivity index (χ2n) is 5.35. The van der Waals surface area contributed by atoms with Gasteiger partial charge in [-0.2, -0.15) is 0 Å². The lowest BCUT2D eigenvalue weighted by atomic mass is 10.1. The number of carbonyl (C=O) groups excluding carboxylic acids is 1. The fraction of sp³-hybridized carbons (Fsp3) is 0.562. The van der Waals surface area contributed by atoms with Crippen molar-refractivity contribution < 1.29 is 19.0 Å². The number of rotatable bonds is 7. The maximum absolute atomic E-state index is 11.6. The Morgan fingerprint density at radius 2 is 2.26 bits per heavy atom. The van der Waals surface area contributed by atoms with Crippen LogP contribution in [-0.4, -0.2) is 30.6 Å². The number of unbranched alkanes of at least 4 members (excludes halogenated alkanes) is 1. The molecular weight excluding hydrogens is 407 g/mol. The standard InChI is InChI=1S/C16H19BrCl2O4/c1-2-3-4-15(20)21-8-12-9-22-16(10-17,23-12)13-6-5-11(18)7-14(13)19/h5-7,12H,2-4,8-10H2,1H3. The van der Waals surface area contributed by atoms with Gasteiger partial charge in [-0.05, 0) is 18.6 Å². The first kappa shape index (κ1) is 19.0. The van der Waals surface area contributed by atoms with E-state index in [0.29, 0.717) is 34.0 Å². The maximum atomic E-state index is 11.6. The summed E-state index contributed by atoms with van der Waals surface area (Å²) in [5.74, 6) is -1.21. The SMILES string of the molecule is CCCCC(=O)OCC1COC(CBr)(c2ccc(Cl)cc2Cl)O1. The summed E-state index contributed by atoms with van der Waals surface area (Å²) in [5.41, 5.74) is 0.695. The zero-order valence-electron chi connectivity index (χ0n) is 12.8. The molecule has 1 saturated heterocycles. The number of benzene rings is 1. The molecule has 0 aliphatic carbocycles. The van der Waals surface area contributed by atoms with E-state index in [1.807, 2.05) is 6.92 Å². The molecule has 1 heterocycles. The number of alkyl halides is 1. The van der Waals surface area contributed by atoms with Crippen molar-refractivity contribution in [3.8, 4) is 0 Å². The third kappa shape index (κ3) is 4.83. The number of hydrogen-bond donors (Lipinski definition) is 0. The van der Waals surface area contributed by atoms with Gasteiger partial charge in [-0.15, -0.1) is 0 Å². The Balaban J connectivity index is 1.99. The minimum atomic E-state index is -0.998. The smallest absolute Gasteiger partial charge is 0.305 e. The second-order valence-corrected chi connectivity index (χ2v) is 6.75. The van der Waals surface area contributed by atoms with Gasteiger partial charge >= 0.3 is 5.97 Å². The normalized spacial score (nSPS) is 23.9. The van der Waals surface area contributed by atoms with Gasteiger partial charge in [-0.25, -0.2) is 0 Å². The lowest BCUT2D eigenvalue weighted by molar-refractivity contribution is -0.168. The Morgan fingerprint density at radius 1 is 1.48 bits per heavy atom. The number of hydrogen-bond acceptors (Lipinski definition) is 4. The second kappa shape index (κ2) is 8.67. The molecule has 0 N–H and O–H groups in total. The van der Waals surface area contributed by atoms with Crippen molar-refractivity contribution in [3.05, 3.63) is 33.8 Å². The zero-order valence-corrected chi connectivity index (χ0v) is 15.9. The molecule has 0 spiro atoms. The van der Waals surface area contributed by atoms with Crippen molar-refractivity contribution in [1.82, 2.24) is 0 Å². The molecule has 0 amide bonds. The van der Waals surface area contributed by atoms with Crippen molar-refractivity contribution >= 4 is 45.1 Å². The van der Waals surface area contributed by atoms with Gasteiger partial charge in [0.15, 0.2) is 0 Å². The van der Waals surface area contributed by atoms with Gasteiger partial charge in [0.1, 0.15) is 12.7 Å². The average Bonchev–Trinajstić information content (AvgIpc) is 2.95. The summed E-state index contributed by atoms with van der Waals surface area (Å²) in [6, 6.07) is 5.16. The van der Waals surface area contributed by atoms with E-state index in [9.17, 15) is 4.79 Å². The summed E-state index contributed by atoms with van der Waals surface area (Å²) >= 11 is 15.6. The van der Waals surface area contributed by atoms with E-state index in [1.54, 1.807) is 18.2 Å². The summed E-state index contributed by atoms with van der Waals surface area (Å²) in [4.78, 5) is 11.6. The van der Waals surface area contributed by atoms with Crippen molar-refractivity contribution in [2.24, 2.45) is 0 Å². The molecule has 0 saturated carbocycles. The molecule has 2 atom stereocenters. The molecular formula is C16H19BrCl2O4. The summed E-state index contributed by atoms with van der Waals surface area (Å²) in [6.07, 6.45) is 1.88. The van der Waals surface area contributed by atoms with Crippen LogP contribution in [0.25, 0.3) is 0 Å². The number of esters is 1. The highest BCUT2D eigenvalue weighted by Crippen LogP contribution is 2.40. The molecule has 128 valence electrons. The highest BCUT2D eigenvalue weighted by atomic mass is 79.9. The highest BCUT2D eigenvalue weighted by Gasteiger charge is 2.44. The maximum Gasteiger partial charge on any atom is 0.305 e. The van der Waals surface area contributed by atoms with E-state index >= 15 is 0 Å². The molecule has 2 unspecified atom stereocenters. The molecule has 0 bridgehead atoms. The number of halogens is 3. The first-order valence-electron chi connectivity index (χ1n) is 7.49. The molecule has 23 heavy (non-hydrogen) atoms. The van der Waals surface area contributed by atoms with Crippen LogP contribution >= 0.6 is 39.1 Å². The van der Waals surface area contributed by atoms with Crippen LogP contribution in [0.15, 0.2) is 18.2 Å². The summed E-state index contributed by atoms with van der Waals surface area (Å²) < 4.78 is 17.1. The van der Waals surface area contributed by atoms with Gasteiger partial charge in [-0.1, -0.05) is 58.5 Å². The van der Waals surface area contributed by atoms with Crippen LogP contribution in [0.1, 0.15) is 31.7 Å². The molecule has 1 fully saturated rings. The van der Waals surface area contributed by atoms with Crippen LogP contribution in [0.5, 0.6) is 0 Å². The fourth-order valence-corrected chi connectivity index (χ4v) is 3.46. The van der Waals surface area contributed by atoms with Crippen molar-refractivity contribution in [3.63, 3.8) is 0 Å². The van der Waals surface area contributed by atoms with Gasteiger partial charge in [0, 0.05) is 17.0 Å². The van der Waals surface area contributed by atoms with Gasteiger partial charge in [-0.3, -0.25) is 4.79 Å². The van der Waals surface area contributed by atoms with Gasteiger partial charge < -0.3 is 14.2 Å². The van der Waals surface area contributed by atoms with E-state index in [1.165, 1.54) is 0 Å². The predicted molar refractivity (Wildman–Crippen MR) is 93.2 cm³/mol. The van der Waals surface area contributed by atoms with Gasteiger partial charge in [0.2, 0.25) is 5.79 Å². The lowest BCUT2D eigenvalue weighted by Gasteiger charge is -2.27. The zero-order chi connectivity index (χ0) is 16.9. The first-order chi connectivity index (χ1) is 11.0. The Morgan fingerprint density at radius 3 is 2.91 bits per heavy atom. The van der Waals surface area contributed by atoms with Crippen LogP contribution in [0.3, 0.4) is 0 Å². The summed E-state index contributed by atoms with van der Waals surface area (Å²) in [5, 5.41) is 1.42. The summed E-state index contributed by atoms with van der Waals surface area (Å²) in [7, 11) is 0. The monoisotopic (exact) mass is 424 g/mol. The molecule has 2 rings (SSSR count). The van der Waals surface area contributed by atoms with Crippen LogP contribution in [0.2, 0.25) is 10.0 Å². The highest BCUT2D eigenvalue weighted by molar-refractivity contribution is 9.09. The molecule has 4 nitrogen and oxygen atoms in total. The largest absolute Gasteiger partial charge is 0.463 e. The molecule has 0 radical (unpaired) electrons. The van der Waals surface area contributed by atoms with Crippen LogP contribution in [0, 0.1) is 0 Å². The van der Waals surface area contributed by atoms with Gasteiger partial charge in [0.05, 0.1) is 17.0 Å². The van der Waals surface area contributed by atoms with E-state index in [0.717, 1.165) is 12.8 Å². The van der Waals surface area contributed by atoms with E-state index in [-0.39, 0.29) is 18.7 Å². The molecule has 1 aromatic rings. The molecule has 1 aromatic carbocycles. The average molecular weight is 426 g/mol. The first-order valence-corrected chi connectivity index (χ1v) is 9.37. The minimum absolute atomic E-state index is 0.169. The van der Waals surface area contributed by atoms with Crippen molar-refractivity contribution in [2.45, 2.75) is 38.1 Å². The third-order valence-corrected chi connectivity index (χ3v) is 4.83. The van der Waals surface area contributed by atoms with Crippen LogP contribution < -0.4 is 0 Å². The van der Waals surface area contributed by atoms with Crippen LogP contribution in [0.4, 0.5) is 0 Å². The lowest BCUT2D eigenvalue weighted by Crippen LogP contribution is -2.31. The van der Waals surface area contributed by atoms with Gasteiger partial charge in [0.25, 0.3) is 0 Å². The number of carbonyl (C=O) groups is 1. The van der Waals surface area contributed by atoms with E-state index in [4.69, 9.17) is 37.4 Å². The Bertz CT molecular complexity index is 555. The number of ether oxygens (including phenoxy) is 3. The molecule has 7 heteroatoms. The predicted octanol–water partition coefficient (Wildman–Crippen LogP) is 4.69. The Kier molecular flexibility index (Phi) is 7.17. The Labute approximate surface area is 154 Å². The summed E-state index contributed by atoms with van der Waals surface area (Å²) in [6.45, 7) is 2.52. The quantitative estimate of drug-likeness (QED) is 0.469. The van der Waals surface area contributed by atoms with Crippen molar-refractivity contribution in [1.29, 1.82) is 0 Å². The molecule has 0 aromatic heterocycles. The van der Waals surface area contributed by atoms with E-state index < -0.39 is 5.79 Å².